The number of ether oxygens (including phenoxy) is 1. The van der Waals surface area contributed by atoms with Gasteiger partial charge in [0.25, 0.3) is 5.91 Å². The summed E-state index contributed by atoms with van der Waals surface area (Å²) < 4.78 is 32.5. The SMILES string of the molecule is COc1cccc(/C=N\NC(=O)CN(Cc2ccc(Cl)c(Cl)c2)S(=O)(=O)c2ccccc2)c1O. The third-order valence-electron chi connectivity index (χ3n) is 4.69. The van der Waals surface area contributed by atoms with Gasteiger partial charge >= 0.3 is 0 Å². The third-order valence-corrected chi connectivity index (χ3v) is 7.23. The summed E-state index contributed by atoms with van der Waals surface area (Å²) in [7, 11) is -2.61. The molecule has 0 aliphatic rings. The molecule has 0 fully saturated rings. The zero-order valence-corrected chi connectivity index (χ0v) is 20.3. The molecule has 178 valence electrons. The van der Waals surface area contributed by atoms with Gasteiger partial charge < -0.3 is 9.84 Å². The Balaban J connectivity index is 1.80. The lowest BCUT2D eigenvalue weighted by molar-refractivity contribution is -0.121. The molecule has 0 aliphatic heterocycles. The van der Waals surface area contributed by atoms with E-state index in [0.29, 0.717) is 16.1 Å². The minimum absolute atomic E-state index is 0.0349. The molecule has 0 radical (unpaired) electrons. The lowest BCUT2D eigenvalue weighted by Crippen LogP contribution is -2.39. The van der Waals surface area contributed by atoms with E-state index in [9.17, 15) is 18.3 Å². The van der Waals surface area contributed by atoms with Gasteiger partial charge in [-0.1, -0.05) is 53.5 Å². The molecule has 0 atom stereocenters. The minimum atomic E-state index is -4.02. The van der Waals surface area contributed by atoms with E-state index in [2.05, 4.69) is 10.5 Å². The van der Waals surface area contributed by atoms with Gasteiger partial charge in [-0.3, -0.25) is 4.79 Å². The second-order valence-electron chi connectivity index (χ2n) is 7.03. The van der Waals surface area contributed by atoms with Gasteiger partial charge in [0.1, 0.15) is 0 Å². The van der Waals surface area contributed by atoms with E-state index >= 15 is 0 Å². The number of para-hydroxylation sites is 1. The van der Waals surface area contributed by atoms with Gasteiger partial charge in [-0.25, -0.2) is 13.8 Å². The van der Waals surface area contributed by atoms with Crippen LogP contribution in [0.4, 0.5) is 0 Å². The minimum Gasteiger partial charge on any atom is -0.504 e. The summed E-state index contributed by atoms with van der Waals surface area (Å²) in [5.74, 6) is -0.578. The molecule has 0 spiro atoms. The number of nitrogens with one attached hydrogen (secondary N) is 1. The zero-order chi connectivity index (χ0) is 24.7. The van der Waals surface area contributed by atoms with Crippen LogP contribution in [-0.4, -0.2) is 43.6 Å². The maximum atomic E-state index is 13.2. The summed E-state index contributed by atoms with van der Waals surface area (Å²) in [4.78, 5) is 12.6. The molecule has 0 aliphatic carbocycles. The van der Waals surface area contributed by atoms with Crippen LogP contribution in [0, 0.1) is 0 Å². The number of benzene rings is 3. The molecular formula is C23H21Cl2N3O5S. The van der Waals surface area contributed by atoms with Crippen LogP contribution in [0.15, 0.2) is 76.7 Å². The Morgan fingerprint density at radius 3 is 2.50 bits per heavy atom. The van der Waals surface area contributed by atoms with Crippen molar-refractivity contribution in [2.75, 3.05) is 13.7 Å². The smallest absolute Gasteiger partial charge is 0.255 e. The fraction of sp³-hybridized carbons (Fsp3) is 0.130. The number of carbonyl (C=O) groups is 1. The predicted molar refractivity (Wildman–Crippen MR) is 131 cm³/mol. The van der Waals surface area contributed by atoms with Crippen molar-refractivity contribution < 1.29 is 23.1 Å². The number of halogens is 2. The van der Waals surface area contributed by atoms with Crippen LogP contribution in [0.2, 0.25) is 10.0 Å². The molecule has 0 heterocycles. The second kappa shape index (κ2) is 11.3. The van der Waals surface area contributed by atoms with Gasteiger partial charge in [0.05, 0.1) is 34.8 Å². The van der Waals surface area contributed by atoms with E-state index in [4.69, 9.17) is 27.9 Å². The van der Waals surface area contributed by atoms with Crippen LogP contribution in [0.3, 0.4) is 0 Å². The number of rotatable bonds is 9. The molecule has 11 heteroatoms. The molecule has 3 rings (SSSR count). The van der Waals surface area contributed by atoms with Crippen molar-refractivity contribution in [3.63, 3.8) is 0 Å². The van der Waals surface area contributed by atoms with Crippen LogP contribution >= 0.6 is 23.2 Å². The highest BCUT2D eigenvalue weighted by Gasteiger charge is 2.27. The van der Waals surface area contributed by atoms with Gasteiger partial charge in [0, 0.05) is 12.1 Å². The summed E-state index contributed by atoms with van der Waals surface area (Å²) in [6.07, 6.45) is 1.23. The molecule has 3 aromatic carbocycles. The van der Waals surface area contributed by atoms with Crippen molar-refractivity contribution in [3.8, 4) is 11.5 Å². The highest BCUT2D eigenvalue weighted by atomic mass is 35.5. The molecule has 0 aromatic heterocycles. The number of phenolic OH excluding ortho intramolecular Hbond substituents is 1. The van der Waals surface area contributed by atoms with Gasteiger partial charge in [0.15, 0.2) is 11.5 Å². The maximum Gasteiger partial charge on any atom is 0.255 e. The van der Waals surface area contributed by atoms with E-state index in [1.165, 1.54) is 25.5 Å². The highest BCUT2D eigenvalue weighted by molar-refractivity contribution is 7.89. The Morgan fingerprint density at radius 1 is 1.09 bits per heavy atom. The van der Waals surface area contributed by atoms with E-state index in [1.54, 1.807) is 54.6 Å². The molecule has 2 N–H and O–H groups in total. The Morgan fingerprint density at radius 2 is 1.82 bits per heavy atom. The maximum absolute atomic E-state index is 13.2. The van der Waals surface area contributed by atoms with Gasteiger partial charge in [0.2, 0.25) is 10.0 Å². The normalized spacial score (nSPS) is 11.6. The fourth-order valence-electron chi connectivity index (χ4n) is 2.99. The average Bonchev–Trinajstić information content (AvgIpc) is 2.82. The van der Waals surface area contributed by atoms with Crippen molar-refractivity contribution >= 4 is 45.3 Å². The summed E-state index contributed by atoms with van der Waals surface area (Å²) in [5, 5.41) is 14.5. The molecule has 0 bridgehead atoms. The molecule has 0 saturated carbocycles. The Kier molecular flexibility index (Phi) is 8.51. The van der Waals surface area contributed by atoms with Crippen molar-refractivity contribution in [1.82, 2.24) is 9.73 Å². The molecule has 1 amide bonds. The monoisotopic (exact) mass is 521 g/mol. The molecular weight excluding hydrogens is 501 g/mol. The van der Waals surface area contributed by atoms with Crippen molar-refractivity contribution in [2.45, 2.75) is 11.4 Å². The van der Waals surface area contributed by atoms with Gasteiger partial charge in [-0.05, 0) is 42.0 Å². The number of aromatic hydroxyl groups is 1. The predicted octanol–water partition coefficient (Wildman–Crippen LogP) is 4.05. The third kappa shape index (κ3) is 6.27. The first-order chi connectivity index (χ1) is 16.2. The number of phenols is 1. The topological polar surface area (TPSA) is 108 Å². The van der Waals surface area contributed by atoms with E-state index in [-0.39, 0.29) is 28.0 Å². The first-order valence-corrected chi connectivity index (χ1v) is 12.1. The first kappa shape index (κ1) is 25.5. The van der Waals surface area contributed by atoms with Crippen LogP contribution in [0.1, 0.15) is 11.1 Å². The summed E-state index contributed by atoms with van der Waals surface area (Å²) in [6.45, 7) is -0.638. The van der Waals surface area contributed by atoms with Crippen LogP contribution < -0.4 is 10.2 Å². The number of carbonyl (C=O) groups excluding carboxylic acids is 1. The molecule has 0 saturated heterocycles. The van der Waals surface area contributed by atoms with Gasteiger partial charge in [-0.15, -0.1) is 0 Å². The van der Waals surface area contributed by atoms with Crippen molar-refractivity contribution in [1.29, 1.82) is 0 Å². The van der Waals surface area contributed by atoms with Gasteiger partial charge in [-0.2, -0.15) is 9.41 Å². The molecule has 3 aromatic rings. The fourth-order valence-corrected chi connectivity index (χ4v) is 4.71. The summed E-state index contributed by atoms with van der Waals surface area (Å²) in [6, 6.07) is 17.3. The second-order valence-corrected chi connectivity index (χ2v) is 9.78. The van der Waals surface area contributed by atoms with Crippen molar-refractivity contribution in [3.05, 3.63) is 87.9 Å². The largest absolute Gasteiger partial charge is 0.504 e. The Hall–Kier alpha value is -3.11. The Bertz CT molecular complexity index is 1300. The number of nitrogens with zero attached hydrogens (tertiary/aromatic N) is 2. The van der Waals surface area contributed by atoms with Crippen LogP contribution in [0.5, 0.6) is 11.5 Å². The highest BCUT2D eigenvalue weighted by Crippen LogP contribution is 2.28. The molecule has 8 nitrogen and oxygen atoms in total. The van der Waals surface area contributed by atoms with E-state index < -0.39 is 22.5 Å². The quantitative estimate of drug-likeness (QED) is 0.326. The Labute approximate surface area is 207 Å². The van der Waals surface area contributed by atoms with E-state index in [1.807, 2.05) is 0 Å². The number of sulfonamides is 1. The number of amides is 1. The molecule has 0 unspecified atom stereocenters. The lowest BCUT2D eigenvalue weighted by atomic mass is 10.2. The molecule has 34 heavy (non-hydrogen) atoms. The van der Waals surface area contributed by atoms with Crippen LogP contribution in [0.25, 0.3) is 0 Å². The van der Waals surface area contributed by atoms with E-state index in [0.717, 1.165) is 4.31 Å². The summed E-state index contributed by atoms with van der Waals surface area (Å²) in [5.41, 5.74) is 3.14. The number of hydrogen-bond donors (Lipinski definition) is 2. The summed E-state index contributed by atoms with van der Waals surface area (Å²) >= 11 is 12.0. The van der Waals surface area contributed by atoms with Crippen LogP contribution in [-0.2, 0) is 21.4 Å². The number of hydrazone groups is 1. The standard InChI is InChI=1S/C23H21Cl2N3O5S/c1-33-21-9-5-6-17(23(21)30)13-26-27-22(29)15-28(14-16-10-11-19(24)20(25)12-16)34(31,32)18-7-3-2-4-8-18/h2-13,30H,14-15H2,1H3,(H,27,29)/b26-13-. The number of methoxy groups -OCH3 is 1. The zero-order valence-electron chi connectivity index (χ0n) is 18.0. The van der Waals surface area contributed by atoms with Crippen molar-refractivity contribution in [2.24, 2.45) is 5.10 Å². The number of hydrogen-bond acceptors (Lipinski definition) is 6. The average molecular weight is 522 g/mol. The first-order valence-electron chi connectivity index (χ1n) is 9.89. The lowest BCUT2D eigenvalue weighted by Gasteiger charge is -2.21.